The number of carbonyl (C=O) groups excluding carboxylic acids is 2. The van der Waals surface area contributed by atoms with Crippen LogP contribution in [0.3, 0.4) is 0 Å². The molecule has 4 rings (SSSR count). The molecule has 0 atom stereocenters. The molecule has 0 radical (unpaired) electrons. The molecule has 4 aromatic rings. The first-order chi connectivity index (χ1) is 22.1. The topological polar surface area (TPSA) is 166 Å². The summed E-state index contributed by atoms with van der Waals surface area (Å²) in [6.07, 6.45) is 0. The molecule has 0 saturated heterocycles. The molecule has 0 fully saturated rings. The molecule has 0 aromatic heterocycles. The third kappa shape index (κ3) is 8.99. The van der Waals surface area contributed by atoms with Crippen LogP contribution in [0.15, 0.2) is 109 Å². The number of sulfone groups is 2. The molecule has 0 bridgehead atoms. The largest absolute Gasteiger partial charge is 0.457 e. The summed E-state index contributed by atoms with van der Waals surface area (Å²) in [6.45, 7) is 14.9. The minimum atomic E-state index is -4.93. The monoisotopic (exact) mass is 734 g/mol. The average Bonchev–Trinajstić information content (AvgIpc) is 3.01. The van der Waals surface area contributed by atoms with Crippen LogP contribution in [0.4, 0.5) is 0 Å². The van der Waals surface area contributed by atoms with Crippen LogP contribution < -0.4 is 4.74 Å². The van der Waals surface area contributed by atoms with Crippen LogP contribution >= 0.6 is 12.6 Å². The van der Waals surface area contributed by atoms with Gasteiger partial charge in [-0.3, -0.25) is 4.55 Å². The van der Waals surface area contributed by atoms with E-state index in [2.05, 4.69) is 12.6 Å². The molecule has 0 aliphatic heterocycles. The summed E-state index contributed by atoms with van der Waals surface area (Å²) in [5.74, 6) is 0.597. The van der Waals surface area contributed by atoms with E-state index in [4.69, 9.17) is 14.3 Å². The van der Waals surface area contributed by atoms with E-state index in [-0.39, 0.29) is 21.0 Å². The smallest absolute Gasteiger partial charge is 0.295 e. The third-order valence-electron chi connectivity index (χ3n) is 6.96. The van der Waals surface area contributed by atoms with Crippen LogP contribution in [0.25, 0.3) is 11.1 Å². The van der Waals surface area contributed by atoms with Gasteiger partial charge < -0.3 is 14.3 Å². The van der Waals surface area contributed by atoms with Crippen molar-refractivity contribution in [2.45, 2.75) is 76.2 Å². The lowest BCUT2D eigenvalue weighted by molar-refractivity contribution is -0.0987. The highest BCUT2D eigenvalue weighted by molar-refractivity contribution is 7.93. The Morgan fingerprint density at radius 2 is 1.04 bits per heavy atom. The van der Waals surface area contributed by atoms with E-state index in [1.165, 1.54) is 54.6 Å². The first-order valence-corrected chi connectivity index (χ1v) is 18.9. The fourth-order valence-corrected chi connectivity index (χ4v) is 8.76. The van der Waals surface area contributed by atoms with E-state index in [1.807, 2.05) is 40.4 Å². The van der Waals surface area contributed by atoms with Crippen LogP contribution in [-0.4, -0.2) is 48.1 Å². The highest BCUT2D eigenvalue weighted by atomic mass is 32.2. The summed E-state index contributed by atoms with van der Waals surface area (Å²) in [7, 11) is -12.9. The standard InChI is InChI=1S/C32H34O8S4.2CH2O/c1-31(2,3)27-17-7-21(19-28(27)41)22-8-18-29(30(20-22)44(37,38)39)42(33,34)25-13-9-23(10-14-25)40-24-11-15-26(16-12-24)43(35,36)32(4,5)6;2*1-2/h7-20,41H,1-6H3,(H,37,38,39);2*1H2. The van der Waals surface area contributed by atoms with Crippen LogP contribution in [0, 0.1) is 0 Å². The van der Waals surface area contributed by atoms with E-state index in [9.17, 15) is 29.8 Å². The van der Waals surface area contributed by atoms with Gasteiger partial charge in [0.1, 0.15) is 30.0 Å². The van der Waals surface area contributed by atoms with Gasteiger partial charge in [-0.2, -0.15) is 8.42 Å². The molecule has 0 saturated carbocycles. The lowest BCUT2D eigenvalue weighted by Crippen LogP contribution is -2.27. The van der Waals surface area contributed by atoms with E-state index >= 15 is 0 Å². The van der Waals surface area contributed by atoms with E-state index in [1.54, 1.807) is 32.9 Å². The van der Waals surface area contributed by atoms with Gasteiger partial charge in [-0.05, 0) is 110 Å². The number of thiol groups is 1. The summed E-state index contributed by atoms with van der Waals surface area (Å²) >= 11 is 4.58. The maximum Gasteiger partial charge on any atom is 0.295 e. The van der Waals surface area contributed by atoms with Gasteiger partial charge in [0.05, 0.1) is 19.4 Å². The van der Waals surface area contributed by atoms with Crippen molar-refractivity contribution in [1.29, 1.82) is 0 Å². The zero-order chi connectivity index (χ0) is 36.9. The Balaban J connectivity index is 0.00000193. The van der Waals surface area contributed by atoms with Crippen molar-refractivity contribution < 1.29 is 44.1 Å². The Morgan fingerprint density at radius 1 is 0.604 bits per heavy atom. The molecule has 4 aromatic carbocycles. The van der Waals surface area contributed by atoms with Crippen LogP contribution in [0.2, 0.25) is 0 Å². The highest BCUT2D eigenvalue weighted by Gasteiger charge is 2.31. The molecular formula is C34H38O10S4. The van der Waals surface area contributed by atoms with E-state index in [0.29, 0.717) is 21.8 Å². The minimum Gasteiger partial charge on any atom is -0.457 e. The fraction of sp³-hybridized carbons (Fsp3) is 0.235. The van der Waals surface area contributed by atoms with Gasteiger partial charge in [-0.15, -0.1) is 12.6 Å². The van der Waals surface area contributed by atoms with Crippen molar-refractivity contribution in [3.05, 3.63) is 90.5 Å². The Bertz CT molecular complexity index is 2070. The zero-order valence-corrected chi connectivity index (χ0v) is 30.6. The second kappa shape index (κ2) is 15.2. The van der Waals surface area contributed by atoms with Gasteiger partial charge in [0.25, 0.3) is 10.1 Å². The molecule has 1 N–H and O–H groups in total. The molecule has 0 aliphatic carbocycles. The van der Waals surface area contributed by atoms with Crippen LogP contribution in [0.5, 0.6) is 11.5 Å². The van der Waals surface area contributed by atoms with Crippen LogP contribution in [0.1, 0.15) is 47.1 Å². The number of carbonyl (C=O) groups is 2. The Kier molecular flexibility index (Phi) is 12.7. The fourth-order valence-electron chi connectivity index (χ4n) is 4.45. The number of rotatable bonds is 7. The molecule has 0 spiro atoms. The maximum atomic E-state index is 13.6. The molecule has 48 heavy (non-hydrogen) atoms. The summed E-state index contributed by atoms with van der Waals surface area (Å²) in [5, 5.41) is 0. The van der Waals surface area contributed by atoms with E-state index in [0.717, 1.165) is 17.7 Å². The van der Waals surface area contributed by atoms with Crippen molar-refractivity contribution in [2.24, 2.45) is 0 Å². The predicted octanol–water partition coefficient (Wildman–Crippen LogP) is 7.01. The predicted molar refractivity (Wildman–Crippen MR) is 187 cm³/mol. The molecule has 10 nitrogen and oxygen atoms in total. The van der Waals surface area contributed by atoms with Crippen LogP contribution in [-0.2, 0) is 44.8 Å². The quantitative estimate of drug-likeness (QED) is 0.149. The average molecular weight is 735 g/mol. The van der Waals surface area contributed by atoms with Gasteiger partial charge in [-0.1, -0.05) is 39.0 Å². The molecule has 0 aliphatic rings. The Labute approximate surface area is 288 Å². The van der Waals surface area contributed by atoms with Crippen molar-refractivity contribution >= 4 is 56.0 Å². The second-order valence-electron chi connectivity index (χ2n) is 12.3. The molecule has 0 amide bonds. The first kappa shape index (κ1) is 40.4. The number of hydrogen-bond acceptors (Lipinski definition) is 10. The number of benzene rings is 4. The van der Waals surface area contributed by atoms with Crippen molar-refractivity contribution in [3.63, 3.8) is 0 Å². The van der Waals surface area contributed by atoms with Gasteiger partial charge in [0, 0.05) is 4.90 Å². The van der Waals surface area contributed by atoms with Gasteiger partial charge in [0.15, 0.2) is 9.84 Å². The minimum absolute atomic E-state index is 0.146. The van der Waals surface area contributed by atoms with E-state index < -0.39 is 44.3 Å². The third-order valence-corrected chi connectivity index (χ3v) is 12.7. The molecule has 14 heteroatoms. The summed E-state index contributed by atoms with van der Waals surface area (Å²) in [5.41, 5.74) is 1.80. The molecule has 258 valence electrons. The Hall–Kier alpha value is -3.82. The van der Waals surface area contributed by atoms with Crippen molar-refractivity contribution in [3.8, 4) is 22.6 Å². The molecular weight excluding hydrogens is 697 g/mol. The number of ether oxygens (including phenoxy) is 1. The van der Waals surface area contributed by atoms with Gasteiger partial charge in [-0.25, -0.2) is 16.8 Å². The second-order valence-corrected chi connectivity index (χ2v) is 18.8. The summed E-state index contributed by atoms with van der Waals surface area (Å²) in [6, 6.07) is 20.3. The Morgan fingerprint density at radius 3 is 1.46 bits per heavy atom. The van der Waals surface area contributed by atoms with Crippen molar-refractivity contribution in [2.75, 3.05) is 0 Å². The summed E-state index contributed by atoms with van der Waals surface area (Å²) < 4.78 is 92.0. The maximum absolute atomic E-state index is 13.6. The molecule has 0 unspecified atom stereocenters. The number of hydrogen-bond donors (Lipinski definition) is 2. The van der Waals surface area contributed by atoms with Crippen molar-refractivity contribution in [1.82, 2.24) is 0 Å². The molecule has 0 heterocycles. The summed E-state index contributed by atoms with van der Waals surface area (Å²) in [4.78, 5) is 15.3. The lowest BCUT2D eigenvalue weighted by atomic mass is 9.86. The van der Waals surface area contributed by atoms with Gasteiger partial charge >= 0.3 is 0 Å². The SMILES string of the molecule is C=O.C=O.CC(C)(C)c1ccc(-c2ccc(S(=O)(=O)c3ccc(Oc4ccc(S(=O)(=O)C(C)(C)C)cc4)cc3)c(S(=O)(=O)O)c2)cc1S. The zero-order valence-electron chi connectivity index (χ0n) is 27.3. The van der Waals surface area contributed by atoms with Gasteiger partial charge in [0.2, 0.25) is 9.84 Å². The first-order valence-electron chi connectivity index (χ1n) is 14.0. The normalized spacial score (nSPS) is 12.2. The highest BCUT2D eigenvalue weighted by Crippen LogP contribution is 2.36. The lowest BCUT2D eigenvalue weighted by Gasteiger charge is -2.21.